The van der Waals surface area contributed by atoms with Gasteiger partial charge < -0.3 is 4.90 Å². The Kier molecular flexibility index (Phi) is 4.71. The molecule has 0 fully saturated rings. The molecule has 1 aliphatic rings. The number of benzene rings is 2. The summed E-state index contributed by atoms with van der Waals surface area (Å²) in [5.74, 6) is 0.442. The van der Waals surface area contributed by atoms with Crippen LogP contribution in [0.3, 0.4) is 0 Å². The number of carbonyl (C=O) groups excluding carboxylic acids is 1. The van der Waals surface area contributed by atoms with E-state index in [-0.39, 0.29) is 5.91 Å². The average Bonchev–Trinajstić information content (AvgIpc) is 3.14. The normalized spacial score (nSPS) is 13.5. The van der Waals surface area contributed by atoms with Crippen molar-refractivity contribution in [1.29, 1.82) is 0 Å². The first-order chi connectivity index (χ1) is 12.7. The van der Waals surface area contributed by atoms with Crippen LogP contribution in [0.25, 0.3) is 5.69 Å². The van der Waals surface area contributed by atoms with Gasteiger partial charge in [0.2, 0.25) is 11.1 Å². The fourth-order valence-corrected chi connectivity index (χ4v) is 3.91. The largest absolute Gasteiger partial charge is 0.337 e. The zero-order valence-corrected chi connectivity index (χ0v) is 15.3. The van der Waals surface area contributed by atoms with Gasteiger partial charge in [0, 0.05) is 13.1 Å². The number of hydrogen-bond acceptors (Lipinski definition) is 5. The Morgan fingerprint density at radius 1 is 1.15 bits per heavy atom. The maximum Gasteiger partial charge on any atom is 0.233 e. The second-order valence-corrected chi connectivity index (χ2v) is 7.28. The molecule has 26 heavy (non-hydrogen) atoms. The quantitative estimate of drug-likeness (QED) is 0.665. The van der Waals surface area contributed by atoms with Crippen molar-refractivity contribution in [2.75, 3.05) is 12.3 Å². The van der Waals surface area contributed by atoms with E-state index >= 15 is 0 Å². The van der Waals surface area contributed by atoms with Crippen LogP contribution in [-0.2, 0) is 17.8 Å². The molecule has 132 valence electrons. The summed E-state index contributed by atoms with van der Waals surface area (Å²) in [7, 11) is 0. The minimum atomic E-state index is 0.114. The number of carbonyl (C=O) groups is 1. The number of hydrogen-bond donors (Lipinski definition) is 0. The maximum atomic E-state index is 12.6. The Labute approximate surface area is 156 Å². The predicted octanol–water partition coefficient (Wildman–Crippen LogP) is 2.65. The molecule has 4 rings (SSSR count). The number of rotatable bonds is 4. The van der Waals surface area contributed by atoms with E-state index in [1.807, 2.05) is 42.2 Å². The van der Waals surface area contributed by atoms with Crippen LogP contribution in [0.15, 0.2) is 53.7 Å². The van der Waals surface area contributed by atoms with Gasteiger partial charge in [0.25, 0.3) is 0 Å². The lowest BCUT2D eigenvalue weighted by Crippen LogP contribution is -2.37. The van der Waals surface area contributed by atoms with Gasteiger partial charge in [-0.05, 0) is 52.6 Å². The van der Waals surface area contributed by atoms with Crippen LogP contribution >= 0.6 is 11.8 Å². The van der Waals surface area contributed by atoms with E-state index < -0.39 is 0 Å². The first kappa shape index (κ1) is 16.8. The van der Waals surface area contributed by atoms with Gasteiger partial charge in [-0.1, -0.05) is 48.2 Å². The highest BCUT2D eigenvalue weighted by Gasteiger charge is 2.21. The first-order valence-corrected chi connectivity index (χ1v) is 9.52. The van der Waals surface area contributed by atoms with Crippen LogP contribution in [0.1, 0.15) is 16.7 Å². The summed E-state index contributed by atoms with van der Waals surface area (Å²) in [5, 5.41) is 12.5. The minimum Gasteiger partial charge on any atom is -0.337 e. The SMILES string of the molecule is Cc1cccc(-n2nnnc2SCC(=O)N2CCc3ccccc3C2)c1. The van der Waals surface area contributed by atoms with Gasteiger partial charge in [-0.2, -0.15) is 4.68 Å². The second-order valence-electron chi connectivity index (χ2n) is 6.33. The van der Waals surface area contributed by atoms with Crippen LogP contribution in [0.2, 0.25) is 0 Å². The highest BCUT2D eigenvalue weighted by Crippen LogP contribution is 2.22. The van der Waals surface area contributed by atoms with Gasteiger partial charge in [-0.25, -0.2) is 0 Å². The van der Waals surface area contributed by atoms with E-state index in [0.717, 1.165) is 24.2 Å². The average molecular weight is 365 g/mol. The molecule has 0 bridgehead atoms. The molecule has 0 aliphatic carbocycles. The summed E-state index contributed by atoms with van der Waals surface area (Å²) in [6.45, 7) is 3.47. The van der Waals surface area contributed by atoms with E-state index in [2.05, 4.69) is 33.7 Å². The molecule has 7 heteroatoms. The van der Waals surface area contributed by atoms with Crippen LogP contribution < -0.4 is 0 Å². The van der Waals surface area contributed by atoms with Crippen molar-refractivity contribution in [3.8, 4) is 5.69 Å². The van der Waals surface area contributed by atoms with Crippen molar-refractivity contribution >= 4 is 17.7 Å². The second kappa shape index (κ2) is 7.29. The zero-order valence-electron chi connectivity index (χ0n) is 14.5. The van der Waals surface area contributed by atoms with Crippen molar-refractivity contribution in [3.63, 3.8) is 0 Å². The lowest BCUT2D eigenvalue weighted by atomic mass is 10.00. The van der Waals surface area contributed by atoms with Gasteiger partial charge in [-0.3, -0.25) is 4.79 Å². The highest BCUT2D eigenvalue weighted by molar-refractivity contribution is 7.99. The summed E-state index contributed by atoms with van der Waals surface area (Å²) < 4.78 is 1.68. The number of aromatic nitrogens is 4. The number of tetrazole rings is 1. The number of aryl methyl sites for hydroxylation is 1. The van der Waals surface area contributed by atoms with Gasteiger partial charge in [0.05, 0.1) is 11.4 Å². The molecule has 2 aromatic carbocycles. The molecule has 0 spiro atoms. The monoisotopic (exact) mass is 365 g/mol. The summed E-state index contributed by atoms with van der Waals surface area (Å²) >= 11 is 1.37. The molecule has 0 unspecified atom stereocenters. The van der Waals surface area contributed by atoms with Gasteiger partial charge in [0.1, 0.15) is 0 Å². The number of nitrogens with zero attached hydrogens (tertiary/aromatic N) is 5. The van der Waals surface area contributed by atoms with E-state index in [4.69, 9.17) is 0 Å². The number of fused-ring (bicyclic) bond motifs is 1. The standard InChI is InChI=1S/C19H19N5OS/c1-14-5-4-8-17(11-14)24-19(20-21-22-24)26-13-18(25)23-10-9-15-6-2-3-7-16(15)12-23/h2-8,11H,9-10,12-13H2,1H3. The minimum absolute atomic E-state index is 0.114. The number of thioether (sulfide) groups is 1. The molecule has 1 aliphatic heterocycles. The van der Waals surface area contributed by atoms with E-state index in [1.165, 1.54) is 22.9 Å². The Hall–Kier alpha value is -2.67. The van der Waals surface area contributed by atoms with E-state index in [0.29, 0.717) is 17.5 Å². The molecule has 3 aromatic rings. The van der Waals surface area contributed by atoms with E-state index in [1.54, 1.807) is 4.68 Å². The third-order valence-corrected chi connectivity index (χ3v) is 5.40. The molecule has 0 N–H and O–H groups in total. The molecule has 6 nitrogen and oxygen atoms in total. The lowest BCUT2D eigenvalue weighted by molar-refractivity contribution is -0.129. The van der Waals surface area contributed by atoms with Crippen LogP contribution in [0.5, 0.6) is 0 Å². The van der Waals surface area contributed by atoms with Crippen LogP contribution in [-0.4, -0.2) is 43.3 Å². The third kappa shape index (κ3) is 3.48. The van der Waals surface area contributed by atoms with Gasteiger partial charge >= 0.3 is 0 Å². The van der Waals surface area contributed by atoms with Crippen molar-refractivity contribution in [2.45, 2.75) is 25.0 Å². The van der Waals surface area contributed by atoms with Crippen LogP contribution in [0, 0.1) is 6.92 Å². The molecule has 1 aromatic heterocycles. The Morgan fingerprint density at radius 3 is 2.85 bits per heavy atom. The molecule has 1 amide bonds. The molecule has 0 saturated carbocycles. The Balaban J connectivity index is 1.42. The first-order valence-electron chi connectivity index (χ1n) is 8.53. The van der Waals surface area contributed by atoms with Crippen LogP contribution in [0.4, 0.5) is 0 Å². The summed E-state index contributed by atoms with van der Waals surface area (Å²) in [4.78, 5) is 14.5. The smallest absolute Gasteiger partial charge is 0.233 e. The van der Waals surface area contributed by atoms with Crippen molar-refractivity contribution < 1.29 is 4.79 Å². The summed E-state index contributed by atoms with van der Waals surface area (Å²) in [6, 6.07) is 16.3. The van der Waals surface area contributed by atoms with Gasteiger partial charge in [0.15, 0.2) is 0 Å². The van der Waals surface area contributed by atoms with E-state index in [9.17, 15) is 4.79 Å². The Bertz CT molecular complexity index is 939. The fraction of sp³-hybridized carbons (Fsp3) is 0.263. The number of amides is 1. The Morgan fingerprint density at radius 2 is 2.00 bits per heavy atom. The van der Waals surface area contributed by atoms with Crippen molar-refractivity contribution in [2.24, 2.45) is 0 Å². The molecule has 0 atom stereocenters. The van der Waals surface area contributed by atoms with Crippen molar-refractivity contribution in [1.82, 2.24) is 25.1 Å². The summed E-state index contributed by atoms with van der Waals surface area (Å²) in [5.41, 5.74) is 4.61. The van der Waals surface area contributed by atoms with Gasteiger partial charge in [-0.15, -0.1) is 5.10 Å². The topological polar surface area (TPSA) is 63.9 Å². The fourth-order valence-electron chi connectivity index (χ4n) is 3.12. The molecule has 0 radical (unpaired) electrons. The zero-order chi connectivity index (χ0) is 17.9. The van der Waals surface area contributed by atoms with Crippen molar-refractivity contribution in [3.05, 3.63) is 65.2 Å². The predicted molar refractivity (Wildman–Crippen MR) is 100 cm³/mol. The third-order valence-electron chi connectivity index (χ3n) is 4.50. The maximum absolute atomic E-state index is 12.6. The molecule has 0 saturated heterocycles. The molecular formula is C19H19N5OS. The summed E-state index contributed by atoms with van der Waals surface area (Å²) in [6.07, 6.45) is 0.910. The lowest BCUT2D eigenvalue weighted by Gasteiger charge is -2.28. The highest BCUT2D eigenvalue weighted by atomic mass is 32.2. The molecule has 2 heterocycles. The molecular weight excluding hydrogens is 346 g/mol.